The first-order chi connectivity index (χ1) is 14.3. The van der Waals surface area contributed by atoms with Gasteiger partial charge in [-0.05, 0) is 19.1 Å². The number of rotatable bonds is 7. The SMILES string of the molecule is COCC(C)NC(=O)c1cn(SF)c2ncc(C(=N)c3c(N)cc(Cl)cc3F)nc12. The number of ether oxygens (including phenoxy) is 1. The molecule has 0 aliphatic rings. The first-order valence-corrected chi connectivity index (χ1v) is 9.62. The summed E-state index contributed by atoms with van der Waals surface area (Å²) in [5.74, 6) is -1.32. The summed E-state index contributed by atoms with van der Waals surface area (Å²) in [6, 6.07) is 2.03. The summed E-state index contributed by atoms with van der Waals surface area (Å²) in [4.78, 5) is 21.0. The Morgan fingerprint density at radius 3 is 2.87 bits per heavy atom. The Morgan fingerprint density at radius 2 is 2.23 bits per heavy atom. The Morgan fingerprint density at radius 1 is 1.50 bits per heavy atom. The third-order valence-electron chi connectivity index (χ3n) is 4.17. The zero-order valence-corrected chi connectivity index (χ0v) is 17.4. The van der Waals surface area contributed by atoms with E-state index in [1.807, 2.05) is 0 Å². The third-order valence-corrected chi connectivity index (χ3v) is 4.81. The number of halogens is 3. The Labute approximate surface area is 179 Å². The van der Waals surface area contributed by atoms with Gasteiger partial charge in [-0.15, -0.1) is 3.89 Å². The maximum atomic E-state index is 14.4. The molecule has 1 aromatic carbocycles. The Balaban J connectivity index is 2.07. The van der Waals surface area contributed by atoms with Gasteiger partial charge in [0.05, 0.1) is 29.6 Å². The zero-order chi connectivity index (χ0) is 22.0. The number of nitrogen functional groups attached to an aromatic ring is 1. The molecule has 4 N–H and O–H groups in total. The number of nitrogens with one attached hydrogen (secondary N) is 2. The Kier molecular flexibility index (Phi) is 6.54. The van der Waals surface area contributed by atoms with Crippen LogP contribution in [0.15, 0.2) is 24.5 Å². The second-order valence-electron chi connectivity index (χ2n) is 6.42. The standard InChI is InChI=1S/C18H17ClF2N6O2S/c1-8(7-29-2)25-18(28)10-6-27(30-21)17-16(10)26-13(5-24-17)15(23)14-11(20)3-9(19)4-12(14)22/h3-6,8,23H,7,22H2,1-2H3,(H,25,28). The molecule has 0 fully saturated rings. The van der Waals surface area contributed by atoms with Crippen LogP contribution in [0.1, 0.15) is 28.5 Å². The van der Waals surface area contributed by atoms with Gasteiger partial charge in [-0.3, -0.25) is 10.2 Å². The van der Waals surface area contributed by atoms with Crippen molar-refractivity contribution in [1.82, 2.24) is 19.3 Å². The molecule has 8 nitrogen and oxygen atoms in total. The van der Waals surface area contributed by atoms with E-state index >= 15 is 0 Å². The number of amides is 1. The van der Waals surface area contributed by atoms with Crippen LogP contribution in [0, 0.1) is 11.2 Å². The van der Waals surface area contributed by atoms with Crippen molar-refractivity contribution in [1.29, 1.82) is 5.41 Å². The van der Waals surface area contributed by atoms with E-state index in [9.17, 15) is 13.1 Å². The second-order valence-corrected chi connectivity index (χ2v) is 7.39. The van der Waals surface area contributed by atoms with E-state index < -0.39 is 11.7 Å². The number of hydrogen-bond acceptors (Lipinski definition) is 7. The molecule has 0 saturated heterocycles. The molecule has 3 rings (SSSR count). The number of nitrogens with zero attached hydrogens (tertiary/aromatic N) is 3. The highest BCUT2D eigenvalue weighted by atomic mass is 35.5. The molecule has 0 saturated carbocycles. The molecule has 2 aromatic heterocycles. The summed E-state index contributed by atoms with van der Waals surface area (Å²) < 4.78 is 33.7. The average Bonchev–Trinajstić information content (AvgIpc) is 3.05. The molecular formula is C18H17ClF2N6O2S. The molecule has 0 bridgehead atoms. The van der Waals surface area contributed by atoms with Crippen molar-refractivity contribution >= 4 is 52.4 Å². The molecule has 1 amide bonds. The smallest absolute Gasteiger partial charge is 0.255 e. The number of benzene rings is 1. The van der Waals surface area contributed by atoms with Crippen LogP contribution in [0.3, 0.4) is 0 Å². The van der Waals surface area contributed by atoms with Gasteiger partial charge in [0.2, 0.25) is 0 Å². The maximum Gasteiger partial charge on any atom is 0.255 e. The van der Waals surface area contributed by atoms with Crippen LogP contribution in [0.25, 0.3) is 11.2 Å². The Hall–Kier alpha value is -2.76. The predicted octanol–water partition coefficient (Wildman–Crippen LogP) is 3.37. The second kappa shape index (κ2) is 8.94. The first kappa shape index (κ1) is 21.9. The fraction of sp³-hybridized carbons (Fsp3) is 0.222. The van der Waals surface area contributed by atoms with Gasteiger partial charge < -0.3 is 15.8 Å². The van der Waals surface area contributed by atoms with Gasteiger partial charge >= 0.3 is 0 Å². The molecule has 0 spiro atoms. The highest BCUT2D eigenvalue weighted by Gasteiger charge is 2.22. The van der Waals surface area contributed by atoms with Gasteiger partial charge in [-0.25, -0.2) is 18.3 Å². The van der Waals surface area contributed by atoms with E-state index in [2.05, 4.69) is 15.3 Å². The molecule has 30 heavy (non-hydrogen) atoms. The normalized spacial score (nSPS) is 12.2. The van der Waals surface area contributed by atoms with Crippen molar-refractivity contribution in [2.24, 2.45) is 0 Å². The largest absolute Gasteiger partial charge is 0.398 e. The van der Waals surface area contributed by atoms with Crippen LogP contribution in [0.2, 0.25) is 5.02 Å². The van der Waals surface area contributed by atoms with E-state index in [0.717, 1.165) is 10.0 Å². The van der Waals surface area contributed by atoms with E-state index in [1.165, 1.54) is 25.6 Å². The van der Waals surface area contributed by atoms with Gasteiger partial charge in [-0.2, -0.15) is 0 Å². The van der Waals surface area contributed by atoms with E-state index in [0.29, 0.717) is 0 Å². The van der Waals surface area contributed by atoms with Crippen LogP contribution in [-0.4, -0.2) is 45.3 Å². The summed E-state index contributed by atoms with van der Waals surface area (Å²) in [7, 11) is 1.50. The summed E-state index contributed by atoms with van der Waals surface area (Å²) in [5, 5.41) is 11.1. The molecule has 1 unspecified atom stereocenters. The molecule has 1 atom stereocenters. The van der Waals surface area contributed by atoms with Crippen LogP contribution in [-0.2, 0) is 4.74 Å². The number of carbonyl (C=O) groups excluding carboxylic acids is 1. The molecule has 3 aromatic rings. The minimum absolute atomic E-state index is 0.0454. The van der Waals surface area contributed by atoms with Gasteiger partial charge in [0.15, 0.2) is 18.0 Å². The van der Waals surface area contributed by atoms with Crippen molar-refractivity contribution in [3.05, 3.63) is 52.2 Å². The van der Waals surface area contributed by atoms with Crippen LogP contribution in [0.5, 0.6) is 0 Å². The maximum absolute atomic E-state index is 14.4. The Bertz CT molecular complexity index is 1120. The molecule has 158 valence electrons. The number of nitrogens with two attached hydrogens (primary N) is 1. The summed E-state index contributed by atoms with van der Waals surface area (Å²) in [5.41, 5.74) is 5.35. The lowest BCUT2D eigenvalue weighted by Gasteiger charge is -2.12. The van der Waals surface area contributed by atoms with E-state index in [-0.39, 0.29) is 69.4 Å². The number of methoxy groups -OCH3 is 1. The lowest BCUT2D eigenvalue weighted by Crippen LogP contribution is -2.35. The highest BCUT2D eigenvalue weighted by molar-refractivity contribution is 7.92. The molecule has 2 heterocycles. The van der Waals surface area contributed by atoms with Gasteiger partial charge in [0, 0.05) is 30.1 Å². The van der Waals surface area contributed by atoms with E-state index in [4.69, 9.17) is 27.5 Å². The minimum atomic E-state index is -0.796. The number of aromatic nitrogens is 3. The third kappa shape index (κ3) is 4.23. The molecule has 12 heteroatoms. The summed E-state index contributed by atoms with van der Waals surface area (Å²) in [6.45, 7) is 2.02. The molecule has 0 radical (unpaired) electrons. The van der Waals surface area contributed by atoms with Crippen molar-refractivity contribution in [3.8, 4) is 0 Å². The topological polar surface area (TPSA) is 119 Å². The summed E-state index contributed by atoms with van der Waals surface area (Å²) in [6.07, 6.45) is 2.43. The van der Waals surface area contributed by atoms with Crippen molar-refractivity contribution in [2.75, 3.05) is 19.5 Å². The van der Waals surface area contributed by atoms with Crippen molar-refractivity contribution < 1.29 is 17.8 Å². The predicted molar refractivity (Wildman–Crippen MR) is 112 cm³/mol. The highest BCUT2D eigenvalue weighted by Crippen LogP contribution is 2.27. The average molecular weight is 455 g/mol. The fourth-order valence-corrected chi connectivity index (χ4v) is 3.44. The van der Waals surface area contributed by atoms with Crippen LogP contribution >= 0.6 is 23.9 Å². The van der Waals surface area contributed by atoms with Gasteiger partial charge in [0.25, 0.3) is 5.91 Å². The lowest BCUT2D eigenvalue weighted by atomic mass is 10.0. The quantitative estimate of drug-likeness (QED) is 0.372. The van der Waals surface area contributed by atoms with Crippen LogP contribution in [0.4, 0.5) is 14.0 Å². The van der Waals surface area contributed by atoms with Gasteiger partial charge in [0.1, 0.15) is 17.0 Å². The van der Waals surface area contributed by atoms with Crippen LogP contribution < -0.4 is 11.1 Å². The van der Waals surface area contributed by atoms with E-state index in [1.54, 1.807) is 6.92 Å². The molecular weight excluding hydrogens is 438 g/mol. The van der Waals surface area contributed by atoms with Crippen molar-refractivity contribution in [2.45, 2.75) is 13.0 Å². The van der Waals surface area contributed by atoms with Gasteiger partial charge in [-0.1, -0.05) is 11.6 Å². The lowest BCUT2D eigenvalue weighted by molar-refractivity contribution is 0.0907. The monoisotopic (exact) mass is 454 g/mol. The number of hydrogen-bond donors (Lipinski definition) is 3. The summed E-state index contributed by atoms with van der Waals surface area (Å²) >= 11 is 5.62. The molecule has 0 aliphatic heterocycles. The zero-order valence-electron chi connectivity index (χ0n) is 15.9. The minimum Gasteiger partial charge on any atom is -0.398 e. The number of carbonyl (C=O) groups is 1. The fourth-order valence-electron chi connectivity index (χ4n) is 2.88. The first-order valence-electron chi connectivity index (χ1n) is 8.57. The number of fused-ring (bicyclic) bond motifs is 1. The van der Waals surface area contributed by atoms with Crippen molar-refractivity contribution in [3.63, 3.8) is 0 Å². The molecule has 0 aliphatic carbocycles. The number of anilines is 1.